The zero-order valence-electron chi connectivity index (χ0n) is 16.9. The molecule has 2 aromatic carbocycles. The van der Waals surface area contributed by atoms with Crippen molar-refractivity contribution >= 4 is 28.4 Å². The van der Waals surface area contributed by atoms with Gasteiger partial charge in [0.25, 0.3) is 0 Å². The number of ketones is 1. The van der Waals surface area contributed by atoms with Crippen molar-refractivity contribution in [2.75, 3.05) is 0 Å². The van der Waals surface area contributed by atoms with Gasteiger partial charge in [0, 0.05) is 22.6 Å². The predicted octanol–water partition coefficient (Wildman–Crippen LogP) is 5.17. The Hall–Kier alpha value is -2.96. The number of aryl methyl sites for hydroxylation is 1. The number of para-hydroxylation sites is 2. The van der Waals surface area contributed by atoms with Crippen LogP contribution < -0.4 is 0 Å². The highest BCUT2D eigenvalue weighted by molar-refractivity contribution is 6.30. The van der Waals surface area contributed by atoms with Gasteiger partial charge in [0.1, 0.15) is 17.7 Å². The molecule has 0 aliphatic rings. The quantitative estimate of drug-likeness (QED) is 0.448. The maximum absolute atomic E-state index is 13.6. The second-order valence-corrected chi connectivity index (χ2v) is 7.77. The molecule has 1 N–H and O–H groups in total. The third kappa shape index (κ3) is 3.42. The number of aliphatic hydroxyl groups excluding tert-OH is 1. The molecule has 0 bridgehead atoms. The molecule has 4 aromatic rings. The minimum Gasteiger partial charge on any atom is -0.385 e. The van der Waals surface area contributed by atoms with E-state index in [0.29, 0.717) is 17.1 Å². The van der Waals surface area contributed by atoms with Gasteiger partial charge >= 0.3 is 0 Å². The minimum atomic E-state index is -0.806. The molecule has 0 fully saturated rings. The molecule has 0 saturated carbocycles. The largest absolute Gasteiger partial charge is 0.385 e. The third-order valence-corrected chi connectivity index (χ3v) is 5.54. The van der Waals surface area contributed by atoms with Crippen LogP contribution >= 0.6 is 11.6 Å². The van der Waals surface area contributed by atoms with Gasteiger partial charge < -0.3 is 14.2 Å². The van der Waals surface area contributed by atoms with Crippen molar-refractivity contribution in [1.82, 2.24) is 14.1 Å². The van der Waals surface area contributed by atoms with Crippen LogP contribution in [0.15, 0.2) is 48.5 Å². The fourth-order valence-electron chi connectivity index (χ4n) is 3.87. The summed E-state index contributed by atoms with van der Waals surface area (Å²) in [5.74, 6) is -0.145. The van der Waals surface area contributed by atoms with Crippen molar-refractivity contribution in [2.24, 2.45) is 0 Å². The summed E-state index contributed by atoms with van der Waals surface area (Å²) in [5, 5.41) is 10.2. The van der Waals surface area contributed by atoms with E-state index in [1.54, 1.807) is 23.6 Å². The molecule has 7 heteroatoms. The van der Waals surface area contributed by atoms with E-state index in [4.69, 9.17) is 11.6 Å². The lowest BCUT2D eigenvalue weighted by molar-refractivity contribution is 0.0967. The number of hydrogen-bond donors (Lipinski definition) is 1. The molecule has 1 atom stereocenters. The molecule has 0 radical (unpaired) electrons. The minimum absolute atomic E-state index is 0.0272. The van der Waals surface area contributed by atoms with E-state index in [1.807, 2.05) is 48.7 Å². The first-order chi connectivity index (χ1) is 14.3. The first-order valence-electron chi connectivity index (χ1n) is 9.58. The number of carbonyl (C=O) groups excluding carboxylic acids is 1. The molecule has 0 spiro atoms. The van der Waals surface area contributed by atoms with Crippen LogP contribution in [0, 0.1) is 19.7 Å². The van der Waals surface area contributed by atoms with Crippen LogP contribution in [0.5, 0.6) is 0 Å². The Morgan fingerprint density at radius 3 is 2.63 bits per heavy atom. The van der Waals surface area contributed by atoms with Crippen LogP contribution in [0.4, 0.5) is 4.39 Å². The summed E-state index contributed by atoms with van der Waals surface area (Å²) < 4.78 is 17.2. The predicted molar refractivity (Wildman–Crippen MR) is 115 cm³/mol. The fourth-order valence-corrected chi connectivity index (χ4v) is 4.05. The second-order valence-electron chi connectivity index (χ2n) is 7.36. The maximum Gasteiger partial charge on any atom is 0.184 e. The normalized spacial score (nSPS) is 12.5. The zero-order chi connectivity index (χ0) is 21.6. The SMILES string of the molecule is Cc1cc(C(=O)Cn2c(C(C)O)nc3ccccc32)c(C)n1-c1ccc(F)c(Cl)c1. The number of rotatable bonds is 5. The van der Waals surface area contributed by atoms with Gasteiger partial charge in [-0.05, 0) is 57.2 Å². The van der Waals surface area contributed by atoms with E-state index >= 15 is 0 Å². The van der Waals surface area contributed by atoms with Gasteiger partial charge in [-0.25, -0.2) is 9.37 Å². The summed E-state index contributed by atoms with van der Waals surface area (Å²) in [6, 6.07) is 13.8. The number of aromatic nitrogens is 3. The number of imidazole rings is 1. The first-order valence-corrected chi connectivity index (χ1v) is 9.96. The molecule has 154 valence electrons. The molecule has 5 nitrogen and oxygen atoms in total. The van der Waals surface area contributed by atoms with Crippen LogP contribution in [0.3, 0.4) is 0 Å². The second kappa shape index (κ2) is 7.70. The highest BCUT2D eigenvalue weighted by atomic mass is 35.5. The van der Waals surface area contributed by atoms with Crippen LogP contribution in [0.25, 0.3) is 16.7 Å². The number of hydrogen-bond acceptors (Lipinski definition) is 3. The summed E-state index contributed by atoms with van der Waals surface area (Å²) in [6.45, 7) is 5.41. The number of Topliss-reactive ketones (excluding diaryl/α,β-unsaturated/α-hetero) is 1. The number of aliphatic hydroxyl groups is 1. The Morgan fingerprint density at radius 1 is 1.20 bits per heavy atom. The Balaban J connectivity index is 1.75. The Morgan fingerprint density at radius 2 is 1.93 bits per heavy atom. The number of halogens is 2. The van der Waals surface area contributed by atoms with Crippen molar-refractivity contribution in [3.8, 4) is 5.69 Å². The van der Waals surface area contributed by atoms with E-state index in [0.717, 1.165) is 22.4 Å². The molecular formula is C23H21ClFN3O2. The molecule has 2 aromatic heterocycles. The molecule has 0 aliphatic heterocycles. The van der Waals surface area contributed by atoms with E-state index in [2.05, 4.69) is 4.98 Å². The average Bonchev–Trinajstić information content (AvgIpc) is 3.22. The van der Waals surface area contributed by atoms with Gasteiger partial charge in [0.15, 0.2) is 5.78 Å². The van der Waals surface area contributed by atoms with E-state index < -0.39 is 11.9 Å². The molecule has 0 aliphatic carbocycles. The van der Waals surface area contributed by atoms with Crippen LogP contribution in [-0.4, -0.2) is 25.0 Å². The average molecular weight is 426 g/mol. The molecule has 4 rings (SSSR count). The summed E-state index contributed by atoms with van der Waals surface area (Å²) in [4.78, 5) is 17.7. The number of nitrogens with zero attached hydrogens (tertiary/aromatic N) is 3. The molecule has 2 heterocycles. The first kappa shape index (κ1) is 20.3. The number of fused-ring (bicyclic) bond motifs is 1. The lowest BCUT2D eigenvalue weighted by Crippen LogP contribution is -2.15. The van der Waals surface area contributed by atoms with Gasteiger partial charge in [0.05, 0.1) is 22.6 Å². The third-order valence-electron chi connectivity index (χ3n) is 5.25. The summed E-state index contributed by atoms with van der Waals surface area (Å²) in [5.41, 5.74) is 4.34. The number of benzene rings is 2. The van der Waals surface area contributed by atoms with E-state index in [-0.39, 0.29) is 17.4 Å². The van der Waals surface area contributed by atoms with E-state index in [1.165, 1.54) is 6.07 Å². The van der Waals surface area contributed by atoms with Gasteiger partial charge in [-0.3, -0.25) is 4.79 Å². The number of carbonyl (C=O) groups is 1. The molecule has 1 unspecified atom stereocenters. The van der Waals surface area contributed by atoms with Crippen LogP contribution in [0.2, 0.25) is 5.02 Å². The monoisotopic (exact) mass is 425 g/mol. The lowest BCUT2D eigenvalue weighted by Gasteiger charge is -2.12. The van der Waals surface area contributed by atoms with Crippen molar-refractivity contribution in [3.63, 3.8) is 0 Å². The van der Waals surface area contributed by atoms with Crippen molar-refractivity contribution in [3.05, 3.63) is 82.1 Å². The molecule has 0 saturated heterocycles. The summed E-state index contributed by atoms with van der Waals surface area (Å²) in [6.07, 6.45) is -0.806. The highest BCUT2D eigenvalue weighted by Crippen LogP contribution is 2.26. The molecule has 30 heavy (non-hydrogen) atoms. The van der Waals surface area contributed by atoms with E-state index in [9.17, 15) is 14.3 Å². The standard InChI is InChI=1S/C23H21ClFN3O2/c1-13-10-17(14(2)28(13)16-8-9-19(25)18(24)11-16)22(30)12-27-21-7-5-4-6-20(21)26-23(27)15(3)29/h4-11,15,29H,12H2,1-3H3. The smallest absolute Gasteiger partial charge is 0.184 e. The van der Waals surface area contributed by atoms with Crippen molar-refractivity contribution in [2.45, 2.75) is 33.4 Å². The van der Waals surface area contributed by atoms with Gasteiger partial charge in [-0.1, -0.05) is 23.7 Å². The summed E-state index contributed by atoms with van der Waals surface area (Å²) >= 11 is 5.95. The highest BCUT2D eigenvalue weighted by Gasteiger charge is 2.21. The van der Waals surface area contributed by atoms with Crippen molar-refractivity contribution in [1.29, 1.82) is 0 Å². The topological polar surface area (TPSA) is 60.1 Å². The van der Waals surface area contributed by atoms with Crippen LogP contribution in [0.1, 0.15) is 40.6 Å². The lowest BCUT2D eigenvalue weighted by atomic mass is 10.1. The zero-order valence-corrected chi connectivity index (χ0v) is 17.6. The fraction of sp³-hybridized carbons (Fsp3) is 0.217. The Labute approximate surface area is 178 Å². The molecule has 0 amide bonds. The van der Waals surface area contributed by atoms with Crippen molar-refractivity contribution < 1.29 is 14.3 Å². The summed E-state index contributed by atoms with van der Waals surface area (Å²) in [7, 11) is 0. The van der Waals surface area contributed by atoms with Gasteiger partial charge in [-0.2, -0.15) is 0 Å². The Bertz CT molecular complexity index is 1270. The van der Waals surface area contributed by atoms with Gasteiger partial charge in [-0.15, -0.1) is 0 Å². The van der Waals surface area contributed by atoms with Gasteiger partial charge in [0.2, 0.25) is 0 Å². The molecular weight excluding hydrogens is 405 g/mol. The maximum atomic E-state index is 13.6. The van der Waals surface area contributed by atoms with Crippen LogP contribution in [-0.2, 0) is 6.54 Å². The Kier molecular flexibility index (Phi) is 5.22.